The third kappa shape index (κ3) is 8.17. The van der Waals surface area contributed by atoms with Gasteiger partial charge in [-0.25, -0.2) is 0 Å². The van der Waals surface area contributed by atoms with Crippen LogP contribution in [0, 0.1) is 6.92 Å². The quantitative estimate of drug-likeness (QED) is 0.211. The normalized spacial score (nSPS) is 14.8. The Balaban J connectivity index is 0.00000288. The van der Waals surface area contributed by atoms with Crippen molar-refractivity contribution in [1.29, 1.82) is 0 Å². The minimum Gasteiger partial charge on any atom is -0.357 e. The Hall–Kier alpha value is -1.05. The molecule has 0 spiro atoms. The summed E-state index contributed by atoms with van der Waals surface area (Å²) in [4.78, 5) is 4.65. The largest absolute Gasteiger partial charge is 0.357 e. The maximum absolute atomic E-state index is 4.65. The van der Waals surface area contributed by atoms with Crippen molar-refractivity contribution in [3.63, 3.8) is 0 Å². The van der Waals surface area contributed by atoms with E-state index in [-0.39, 0.29) is 24.0 Å². The molecule has 136 valence electrons. The van der Waals surface area contributed by atoms with E-state index in [4.69, 9.17) is 0 Å². The van der Waals surface area contributed by atoms with Crippen molar-refractivity contribution in [2.24, 2.45) is 4.99 Å². The van der Waals surface area contributed by atoms with Crippen molar-refractivity contribution in [1.82, 2.24) is 20.4 Å². The van der Waals surface area contributed by atoms with E-state index < -0.39 is 0 Å². The van der Waals surface area contributed by atoms with Gasteiger partial charge in [-0.05, 0) is 57.9 Å². The molecular formula is C18H32IN5. The molecule has 24 heavy (non-hydrogen) atoms. The lowest BCUT2D eigenvalue weighted by Crippen LogP contribution is -2.38. The smallest absolute Gasteiger partial charge is 0.191 e. The number of aryl methyl sites for hydroxylation is 2. The number of aliphatic imine (C=N–C) groups is 1. The zero-order chi connectivity index (χ0) is 16.3. The highest BCUT2D eigenvalue weighted by Crippen LogP contribution is 2.19. The van der Waals surface area contributed by atoms with Gasteiger partial charge >= 0.3 is 0 Å². The number of hydrogen-bond donors (Lipinski definition) is 2. The molecule has 1 aliphatic rings. The Morgan fingerprint density at radius 1 is 1.33 bits per heavy atom. The van der Waals surface area contributed by atoms with Crippen molar-refractivity contribution >= 4 is 29.9 Å². The van der Waals surface area contributed by atoms with Crippen LogP contribution >= 0.6 is 24.0 Å². The molecule has 2 N–H and O–H groups in total. The van der Waals surface area contributed by atoms with Crippen LogP contribution in [0.15, 0.2) is 29.0 Å². The lowest BCUT2D eigenvalue weighted by Gasteiger charge is -2.15. The fourth-order valence-electron chi connectivity index (χ4n) is 2.83. The molecule has 0 atom stereocenters. The van der Waals surface area contributed by atoms with Crippen LogP contribution in [0.4, 0.5) is 0 Å². The Morgan fingerprint density at radius 2 is 2.21 bits per heavy atom. The standard InChI is InChI=1S/C18H31N5.HI/c1-3-19-18(21-12-10-17-8-5-4-6-9-17)20-11-7-13-23-15-16(2)14-22-23;/h8,14-15H,3-7,9-13H2,1-2H3,(H2,19,20,21);1H. The molecule has 1 heterocycles. The van der Waals surface area contributed by atoms with Gasteiger partial charge in [0.15, 0.2) is 5.96 Å². The molecule has 0 amide bonds. The fourth-order valence-corrected chi connectivity index (χ4v) is 2.83. The lowest BCUT2D eigenvalue weighted by atomic mass is 9.97. The monoisotopic (exact) mass is 445 g/mol. The van der Waals surface area contributed by atoms with Crippen molar-refractivity contribution in [2.45, 2.75) is 58.9 Å². The summed E-state index contributed by atoms with van der Waals surface area (Å²) in [6.45, 7) is 7.77. The van der Waals surface area contributed by atoms with E-state index in [0.29, 0.717) is 0 Å². The van der Waals surface area contributed by atoms with Gasteiger partial charge in [0.1, 0.15) is 0 Å². The van der Waals surface area contributed by atoms with E-state index in [1.165, 1.54) is 31.2 Å². The highest BCUT2D eigenvalue weighted by Gasteiger charge is 2.04. The lowest BCUT2D eigenvalue weighted by molar-refractivity contribution is 0.583. The summed E-state index contributed by atoms with van der Waals surface area (Å²) < 4.78 is 1.99. The van der Waals surface area contributed by atoms with E-state index >= 15 is 0 Å². The molecule has 0 fully saturated rings. The summed E-state index contributed by atoms with van der Waals surface area (Å²) in [5, 5.41) is 11.1. The van der Waals surface area contributed by atoms with Gasteiger partial charge in [0.25, 0.3) is 0 Å². The van der Waals surface area contributed by atoms with E-state index in [2.05, 4.69) is 46.8 Å². The molecule has 0 unspecified atom stereocenters. The summed E-state index contributed by atoms with van der Waals surface area (Å²) in [5.74, 6) is 0.931. The molecule has 0 radical (unpaired) electrons. The number of aromatic nitrogens is 2. The van der Waals surface area contributed by atoms with Gasteiger partial charge in [-0.1, -0.05) is 11.6 Å². The van der Waals surface area contributed by atoms with Crippen LogP contribution in [-0.2, 0) is 6.54 Å². The Morgan fingerprint density at radius 3 is 2.88 bits per heavy atom. The van der Waals surface area contributed by atoms with Crippen molar-refractivity contribution in [3.05, 3.63) is 29.6 Å². The molecule has 0 saturated carbocycles. The van der Waals surface area contributed by atoms with Gasteiger partial charge in [-0.2, -0.15) is 5.10 Å². The van der Waals surface area contributed by atoms with Gasteiger partial charge < -0.3 is 10.6 Å². The molecule has 1 aromatic rings. The Labute approximate surface area is 163 Å². The number of guanidine groups is 1. The number of halogens is 1. The summed E-state index contributed by atoms with van der Waals surface area (Å²) in [5.41, 5.74) is 2.81. The van der Waals surface area contributed by atoms with E-state index in [1.54, 1.807) is 5.57 Å². The molecule has 1 aromatic heterocycles. The molecule has 6 heteroatoms. The minimum atomic E-state index is 0. The molecule has 0 aromatic carbocycles. The van der Waals surface area contributed by atoms with Crippen LogP contribution in [0.25, 0.3) is 0 Å². The maximum Gasteiger partial charge on any atom is 0.191 e. The van der Waals surface area contributed by atoms with E-state index in [0.717, 1.165) is 45.0 Å². The molecule has 0 bridgehead atoms. The number of nitrogens with zero attached hydrogens (tertiary/aromatic N) is 3. The Bertz CT molecular complexity index is 521. The first-order valence-corrected chi connectivity index (χ1v) is 8.97. The number of hydrogen-bond acceptors (Lipinski definition) is 2. The molecule has 0 saturated heterocycles. The second-order valence-electron chi connectivity index (χ2n) is 6.18. The van der Waals surface area contributed by atoms with Crippen LogP contribution in [0.2, 0.25) is 0 Å². The average Bonchev–Trinajstić information content (AvgIpc) is 2.98. The number of rotatable bonds is 8. The predicted molar refractivity (Wildman–Crippen MR) is 112 cm³/mol. The first-order chi connectivity index (χ1) is 11.3. The van der Waals surface area contributed by atoms with Crippen LogP contribution in [0.1, 0.15) is 51.0 Å². The van der Waals surface area contributed by atoms with Crippen LogP contribution in [-0.4, -0.2) is 35.4 Å². The zero-order valence-electron chi connectivity index (χ0n) is 15.1. The number of allylic oxidation sites excluding steroid dienone is 1. The summed E-state index contributed by atoms with van der Waals surface area (Å²) in [6, 6.07) is 0. The fraction of sp³-hybridized carbons (Fsp3) is 0.667. The first-order valence-electron chi connectivity index (χ1n) is 8.97. The molecule has 0 aliphatic heterocycles. The highest BCUT2D eigenvalue weighted by molar-refractivity contribution is 14.0. The van der Waals surface area contributed by atoms with Crippen LogP contribution < -0.4 is 10.6 Å². The van der Waals surface area contributed by atoms with Gasteiger partial charge in [0.05, 0.1) is 6.20 Å². The average molecular weight is 445 g/mol. The zero-order valence-corrected chi connectivity index (χ0v) is 17.4. The molecule has 1 aliphatic carbocycles. The van der Waals surface area contributed by atoms with Crippen molar-refractivity contribution in [3.8, 4) is 0 Å². The summed E-state index contributed by atoms with van der Waals surface area (Å²) in [7, 11) is 0. The topological polar surface area (TPSA) is 54.2 Å². The Kier molecular flexibility index (Phi) is 10.8. The minimum absolute atomic E-state index is 0. The van der Waals surface area contributed by atoms with E-state index in [1.807, 2.05) is 10.9 Å². The van der Waals surface area contributed by atoms with Crippen LogP contribution in [0.5, 0.6) is 0 Å². The summed E-state index contributed by atoms with van der Waals surface area (Å²) >= 11 is 0. The second kappa shape index (κ2) is 12.3. The van der Waals surface area contributed by atoms with Crippen molar-refractivity contribution < 1.29 is 0 Å². The second-order valence-corrected chi connectivity index (χ2v) is 6.18. The van der Waals surface area contributed by atoms with Crippen LogP contribution in [0.3, 0.4) is 0 Å². The van der Waals surface area contributed by atoms with E-state index in [9.17, 15) is 0 Å². The first kappa shape index (κ1) is 21.0. The molecule has 5 nitrogen and oxygen atoms in total. The number of nitrogens with one attached hydrogen (secondary N) is 2. The predicted octanol–water partition coefficient (Wildman–Crippen LogP) is 3.65. The highest BCUT2D eigenvalue weighted by atomic mass is 127. The molecular weight excluding hydrogens is 413 g/mol. The van der Waals surface area contributed by atoms with Gasteiger partial charge in [0.2, 0.25) is 0 Å². The van der Waals surface area contributed by atoms with Gasteiger partial charge in [-0.15, -0.1) is 24.0 Å². The summed E-state index contributed by atoms with van der Waals surface area (Å²) in [6.07, 6.45) is 13.8. The third-order valence-corrected chi connectivity index (χ3v) is 4.05. The third-order valence-electron chi connectivity index (χ3n) is 4.05. The van der Waals surface area contributed by atoms with Gasteiger partial charge in [0, 0.05) is 32.4 Å². The SMILES string of the molecule is CCNC(=NCCCn1cc(C)cn1)NCCC1=CCCCC1.I. The molecule has 2 rings (SSSR count). The van der Waals surface area contributed by atoms with Crippen molar-refractivity contribution in [2.75, 3.05) is 19.6 Å². The maximum atomic E-state index is 4.65. The van der Waals surface area contributed by atoms with Gasteiger partial charge in [-0.3, -0.25) is 9.67 Å².